The molecule has 0 aromatic heterocycles. The van der Waals surface area contributed by atoms with E-state index in [0.29, 0.717) is 18.4 Å². The van der Waals surface area contributed by atoms with Crippen molar-refractivity contribution in [1.82, 2.24) is 47.9 Å². The van der Waals surface area contributed by atoms with Crippen LogP contribution in [0.25, 0.3) is 0 Å². The molecule has 10 atom stereocenters. The molecule has 87 heavy (non-hydrogen) atoms. The Morgan fingerprint density at radius 3 is 1.21 bits per heavy atom. The number of phenols is 1. The van der Waals surface area contributed by atoms with E-state index in [2.05, 4.69) is 57.8 Å². The lowest BCUT2D eigenvalue weighted by Crippen LogP contribution is -2.61. The van der Waals surface area contributed by atoms with Crippen molar-refractivity contribution < 1.29 is 58.2 Å². The van der Waals surface area contributed by atoms with Gasteiger partial charge in [0.15, 0.2) is 11.9 Å². The number of nitrogens with two attached hydrogens (primary N) is 5. The average Bonchev–Trinajstić information content (AvgIpc) is 3.13. The van der Waals surface area contributed by atoms with Gasteiger partial charge in [-0.05, 0) is 111 Å². The van der Waals surface area contributed by atoms with Gasteiger partial charge < -0.3 is 86.7 Å². The second-order valence-electron chi connectivity index (χ2n) is 24.4. The van der Waals surface area contributed by atoms with Crippen molar-refractivity contribution in [2.45, 2.75) is 208 Å². The van der Waals surface area contributed by atoms with Crippen LogP contribution in [0.15, 0.2) is 34.3 Å². The van der Waals surface area contributed by atoms with E-state index >= 15 is 0 Å². The van der Waals surface area contributed by atoms with Crippen molar-refractivity contribution in [1.29, 1.82) is 0 Å². The lowest BCUT2D eigenvalue weighted by Gasteiger charge is -2.30. The molecule has 0 aliphatic heterocycles. The molecule has 0 aliphatic rings. The monoisotopic (exact) mass is 1230 g/mol. The number of carbonyl (C=O) groups is 10. The molecule has 1 aromatic rings. The first-order valence-electron chi connectivity index (χ1n) is 30.2. The van der Waals surface area contributed by atoms with Gasteiger partial charge in [0, 0.05) is 19.5 Å². The summed E-state index contributed by atoms with van der Waals surface area (Å²) in [5, 5.41) is 43.6. The predicted octanol–water partition coefficient (Wildman–Crippen LogP) is -0.275. The zero-order valence-electron chi connectivity index (χ0n) is 53.1. The highest BCUT2D eigenvalue weighted by Crippen LogP contribution is 2.17. The first-order chi connectivity index (χ1) is 40.6. The lowest BCUT2D eigenvalue weighted by atomic mass is 9.95. The van der Waals surface area contributed by atoms with Crippen LogP contribution in [0.3, 0.4) is 0 Å². The van der Waals surface area contributed by atoms with Crippen LogP contribution < -0.4 is 76.5 Å². The Morgan fingerprint density at radius 1 is 0.460 bits per heavy atom. The number of guanidine groups is 2. The summed E-state index contributed by atoms with van der Waals surface area (Å²) in [7, 11) is 0. The normalized spacial score (nSPS) is 14.8. The van der Waals surface area contributed by atoms with Gasteiger partial charge >= 0.3 is 5.97 Å². The van der Waals surface area contributed by atoms with Gasteiger partial charge in [0.05, 0.1) is 12.6 Å². The smallest absolute Gasteiger partial charge is 0.326 e. The fourth-order valence-corrected chi connectivity index (χ4v) is 9.13. The number of aliphatic imine (C=N–C) groups is 2. The molecule has 9 amide bonds. The average molecular weight is 1230 g/mol. The summed E-state index contributed by atoms with van der Waals surface area (Å²) in [6.45, 7) is 21.5. The van der Waals surface area contributed by atoms with E-state index in [1.807, 2.05) is 76.2 Å². The highest BCUT2D eigenvalue weighted by atomic mass is 16.4. The number of nitrogens with zero attached hydrogens (tertiary/aromatic N) is 2. The number of hydrogen-bond acceptors (Lipinski definition) is 14. The van der Waals surface area contributed by atoms with Crippen LogP contribution in [-0.2, 0) is 54.4 Å². The van der Waals surface area contributed by atoms with Crippen molar-refractivity contribution in [3.05, 3.63) is 29.8 Å². The number of benzene rings is 1. The molecule has 28 nitrogen and oxygen atoms in total. The minimum atomic E-state index is -1.36. The molecule has 21 N–H and O–H groups in total. The molecule has 1 aromatic carbocycles. The minimum Gasteiger partial charge on any atom is -0.508 e. The Balaban J connectivity index is 3.49. The van der Waals surface area contributed by atoms with E-state index < -0.39 is 126 Å². The third-order valence-corrected chi connectivity index (χ3v) is 13.8. The zero-order valence-corrected chi connectivity index (χ0v) is 53.1. The number of nitrogens with one attached hydrogen (secondary N) is 9. The quantitative estimate of drug-likeness (QED) is 0.0228. The molecule has 0 radical (unpaired) electrons. The van der Waals surface area contributed by atoms with E-state index in [-0.39, 0.29) is 118 Å². The predicted molar refractivity (Wildman–Crippen MR) is 332 cm³/mol. The number of phenolic OH excluding ortho intramolecular Hbond substituents is 1. The van der Waals surface area contributed by atoms with Gasteiger partial charge in [-0.15, -0.1) is 0 Å². The van der Waals surface area contributed by atoms with Crippen LogP contribution in [-0.4, -0.2) is 155 Å². The number of carboxylic acids is 1. The van der Waals surface area contributed by atoms with Crippen molar-refractivity contribution in [3.63, 3.8) is 0 Å². The molecule has 1 rings (SSSR count). The lowest BCUT2D eigenvalue weighted by molar-refractivity contribution is -0.141. The van der Waals surface area contributed by atoms with Gasteiger partial charge in [-0.1, -0.05) is 102 Å². The molecular weight excluding hydrogens is 1120 g/mol. The van der Waals surface area contributed by atoms with Crippen molar-refractivity contribution in [3.8, 4) is 5.75 Å². The number of hydrogen-bond donors (Lipinski definition) is 16. The fraction of sp³-hybridized carbons (Fsp3) is 0.695. The summed E-state index contributed by atoms with van der Waals surface area (Å²) in [5.74, 6) is -9.37. The van der Waals surface area contributed by atoms with Gasteiger partial charge in [0.25, 0.3) is 0 Å². The van der Waals surface area contributed by atoms with Crippen LogP contribution in [0.1, 0.15) is 153 Å². The van der Waals surface area contributed by atoms with E-state index in [1.54, 1.807) is 6.92 Å². The molecule has 0 fully saturated rings. The first-order valence-corrected chi connectivity index (χ1v) is 30.2. The molecule has 0 bridgehead atoms. The summed E-state index contributed by atoms with van der Waals surface area (Å²) in [6.07, 6.45) is 1.67. The number of amides is 9. The molecule has 0 spiro atoms. The van der Waals surface area contributed by atoms with Gasteiger partial charge in [-0.2, -0.15) is 0 Å². The largest absolute Gasteiger partial charge is 0.508 e. The molecule has 28 heteroatoms. The summed E-state index contributed by atoms with van der Waals surface area (Å²) in [6, 6.07) is -5.09. The third kappa shape index (κ3) is 32.0. The Labute approximate surface area is 512 Å². The molecule has 0 saturated heterocycles. The summed E-state index contributed by atoms with van der Waals surface area (Å²) < 4.78 is 0. The highest BCUT2D eigenvalue weighted by Gasteiger charge is 2.37. The standard InChI is InChI=1S/C59H104N16O12/c1-13-36(12)48(75-55(84)45(28-35(10)11)70-49(78)39(60)16-14-22-65-58(61)62)56(85)74-44(27-34(8)9)52(81)69-40(17-15-23-66-59(63)64)51(80)72-42(25-32(4)5)54(83)73-43(26-33(6)7)53(82)71-41(24-31(2)3)50(79)67-30-47(77)68-46(57(86)87)29-37-18-20-38(76)21-19-37/h18-21,31-36,39-46,48,76H,13-17,22-30,60H2,1-12H3,(H,67,79)(H,68,77)(H,69,81)(H,70,78)(H,71,82)(H,72,80)(H,73,83)(H,74,85)(H,75,84)(H,86,87)(H4,61,62,65)(H4,63,64,66)/t36-,39-,40-,41-,42-,43-,44-,45-,46-,48-/m0/s1. The minimum absolute atomic E-state index is 0.0209. The second kappa shape index (κ2) is 39.8. The molecular formula is C59H104N16O12. The Bertz CT molecular complexity index is 2450. The van der Waals surface area contributed by atoms with Crippen LogP contribution in [0, 0.1) is 35.5 Å². The summed E-state index contributed by atoms with van der Waals surface area (Å²) in [4.78, 5) is 146. The highest BCUT2D eigenvalue weighted by molar-refractivity contribution is 5.98. The van der Waals surface area contributed by atoms with E-state index in [0.717, 1.165) is 0 Å². The number of carboxylic acid groups (broad SMARTS) is 1. The number of carbonyl (C=O) groups excluding carboxylic acids is 9. The topological polar surface area (TPSA) is 474 Å². The van der Waals surface area contributed by atoms with Crippen LogP contribution >= 0.6 is 0 Å². The Hall–Kier alpha value is -7.78. The van der Waals surface area contributed by atoms with Crippen LogP contribution in [0.2, 0.25) is 0 Å². The number of aliphatic carboxylic acids is 1. The first kappa shape index (κ1) is 77.2. The Kier molecular flexibility index (Phi) is 35.4. The maximum atomic E-state index is 14.5. The van der Waals surface area contributed by atoms with Crippen LogP contribution in [0.4, 0.5) is 0 Å². The van der Waals surface area contributed by atoms with Crippen molar-refractivity contribution in [2.24, 2.45) is 74.2 Å². The van der Waals surface area contributed by atoms with Gasteiger partial charge in [-0.3, -0.25) is 53.1 Å². The van der Waals surface area contributed by atoms with Gasteiger partial charge in [-0.25, -0.2) is 4.79 Å². The van der Waals surface area contributed by atoms with Crippen molar-refractivity contribution >= 4 is 71.1 Å². The second-order valence-corrected chi connectivity index (χ2v) is 24.4. The summed E-state index contributed by atoms with van der Waals surface area (Å²) >= 11 is 0. The van der Waals surface area contributed by atoms with E-state index in [4.69, 9.17) is 28.7 Å². The number of rotatable bonds is 41. The Morgan fingerprint density at radius 2 is 0.816 bits per heavy atom. The van der Waals surface area contributed by atoms with Gasteiger partial charge in [0.2, 0.25) is 53.2 Å². The number of aromatic hydroxyl groups is 1. The molecule has 492 valence electrons. The van der Waals surface area contributed by atoms with Crippen LogP contribution in [0.5, 0.6) is 5.75 Å². The molecule has 0 aliphatic carbocycles. The maximum Gasteiger partial charge on any atom is 0.326 e. The van der Waals surface area contributed by atoms with Crippen molar-refractivity contribution in [2.75, 3.05) is 19.6 Å². The molecule has 0 heterocycles. The fourth-order valence-electron chi connectivity index (χ4n) is 9.13. The van der Waals surface area contributed by atoms with E-state index in [9.17, 15) is 58.2 Å². The summed E-state index contributed by atoms with van der Waals surface area (Å²) in [5.41, 5.74) is 28.7. The molecule has 0 unspecified atom stereocenters. The molecule has 0 saturated carbocycles. The van der Waals surface area contributed by atoms with Gasteiger partial charge in [0.1, 0.15) is 54.1 Å². The van der Waals surface area contributed by atoms with E-state index in [1.165, 1.54) is 24.3 Å². The maximum absolute atomic E-state index is 14.5. The third-order valence-electron chi connectivity index (χ3n) is 13.8. The SMILES string of the molecule is CC[C@H](C)[C@H](NC(=O)[C@H](CC(C)C)NC(=O)[C@@H](N)CCCN=C(N)N)C(=O)N[C@@H](CC(C)C)C(=O)N[C@@H](CCCN=C(N)N)C(=O)N[C@@H](CC(C)C)C(=O)N[C@@H](CC(C)C)C(=O)N[C@@H](CC(C)C)C(=O)NCC(=O)N[C@@H](Cc1ccc(O)cc1)C(=O)O. The zero-order chi connectivity index (χ0) is 66.2.